The van der Waals surface area contributed by atoms with Crippen LogP contribution in [-0.4, -0.2) is 5.71 Å². The highest BCUT2D eigenvalue weighted by atomic mass is 14.7. The molecular weight excluding hydrogens is 182 g/mol. The number of benzene rings is 1. The fourth-order valence-electron chi connectivity index (χ4n) is 1.17. The SMILES string of the molecule is C=CC(=NC=C(C)C)c1ccc(C)cc1. The molecule has 0 amide bonds. The molecule has 0 fully saturated rings. The van der Waals surface area contributed by atoms with Gasteiger partial charge in [0.1, 0.15) is 0 Å². The number of allylic oxidation sites excluding steroid dienone is 2. The van der Waals surface area contributed by atoms with Gasteiger partial charge in [-0.15, -0.1) is 0 Å². The van der Waals surface area contributed by atoms with Crippen LogP contribution in [0.4, 0.5) is 0 Å². The first-order valence-electron chi connectivity index (χ1n) is 5.04. The van der Waals surface area contributed by atoms with Gasteiger partial charge in [-0.1, -0.05) is 42.0 Å². The van der Waals surface area contributed by atoms with Gasteiger partial charge in [0.25, 0.3) is 0 Å². The zero-order valence-electron chi connectivity index (χ0n) is 9.62. The molecule has 1 rings (SSSR count). The molecule has 0 saturated heterocycles. The second-order valence-electron chi connectivity index (χ2n) is 3.79. The summed E-state index contributed by atoms with van der Waals surface area (Å²) in [4.78, 5) is 4.38. The molecule has 0 atom stereocenters. The summed E-state index contributed by atoms with van der Waals surface area (Å²) in [7, 11) is 0. The van der Waals surface area contributed by atoms with Gasteiger partial charge in [0.2, 0.25) is 0 Å². The summed E-state index contributed by atoms with van der Waals surface area (Å²) in [6.07, 6.45) is 3.64. The highest BCUT2D eigenvalue weighted by molar-refractivity contribution is 6.08. The van der Waals surface area contributed by atoms with Gasteiger partial charge in [-0.3, -0.25) is 4.99 Å². The van der Waals surface area contributed by atoms with E-state index in [9.17, 15) is 0 Å². The zero-order valence-corrected chi connectivity index (χ0v) is 9.62. The third-order valence-electron chi connectivity index (χ3n) is 2.00. The van der Waals surface area contributed by atoms with E-state index in [1.165, 1.54) is 11.1 Å². The summed E-state index contributed by atoms with van der Waals surface area (Å²) in [5.41, 5.74) is 4.45. The minimum atomic E-state index is 0.913. The number of hydrogen-bond acceptors (Lipinski definition) is 1. The molecular formula is C14H17N. The first-order valence-corrected chi connectivity index (χ1v) is 5.04. The van der Waals surface area contributed by atoms with Crippen LogP contribution in [0.1, 0.15) is 25.0 Å². The first kappa shape index (κ1) is 11.4. The summed E-state index contributed by atoms with van der Waals surface area (Å²) >= 11 is 0. The Morgan fingerprint density at radius 3 is 2.27 bits per heavy atom. The largest absolute Gasteiger partial charge is 0.256 e. The Morgan fingerprint density at radius 1 is 1.20 bits per heavy atom. The molecule has 0 radical (unpaired) electrons. The molecule has 0 heterocycles. The van der Waals surface area contributed by atoms with Crippen LogP contribution in [0.3, 0.4) is 0 Å². The lowest BCUT2D eigenvalue weighted by Gasteiger charge is -2.00. The van der Waals surface area contributed by atoms with Gasteiger partial charge in [-0.05, 0) is 26.8 Å². The topological polar surface area (TPSA) is 12.4 Å². The highest BCUT2D eigenvalue weighted by Gasteiger charge is 1.96. The van der Waals surface area contributed by atoms with E-state index in [0.717, 1.165) is 11.3 Å². The summed E-state index contributed by atoms with van der Waals surface area (Å²) in [6.45, 7) is 9.91. The molecule has 1 aromatic carbocycles. The molecule has 78 valence electrons. The van der Waals surface area contributed by atoms with E-state index < -0.39 is 0 Å². The Morgan fingerprint density at radius 2 is 1.80 bits per heavy atom. The molecule has 0 unspecified atom stereocenters. The molecule has 15 heavy (non-hydrogen) atoms. The summed E-state index contributed by atoms with van der Waals surface area (Å²) in [6, 6.07) is 8.29. The normalized spacial score (nSPS) is 11.0. The van der Waals surface area contributed by atoms with Crippen molar-refractivity contribution < 1.29 is 0 Å². The van der Waals surface area contributed by atoms with Crippen LogP contribution in [0.2, 0.25) is 0 Å². The van der Waals surface area contributed by atoms with Crippen molar-refractivity contribution in [2.45, 2.75) is 20.8 Å². The second kappa shape index (κ2) is 5.30. The molecule has 0 saturated carbocycles. The van der Waals surface area contributed by atoms with Crippen molar-refractivity contribution in [2.75, 3.05) is 0 Å². The van der Waals surface area contributed by atoms with E-state index in [-0.39, 0.29) is 0 Å². The molecule has 0 aliphatic carbocycles. The maximum Gasteiger partial charge on any atom is 0.0696 e. The summed E-state index contributed by atoms with van der Waals surface area (Å²) in [5, 5.41) is 0. The fourth-order valence-corrected chi connectivity index (χ4v) is 1.17. The van der Waals surface area contributed by atoms with Crippen molar-refractivity contribution in [3.05, 3.63) is 59.8 Å². The third-order valence-corrected chi connectivity index (χ3v) is 2.00. The van der Waals surface area contributed by atoms with Gasteiger partial charge in [-0.2, -0.15) is 0 Å². The lowest BCUT2D eigenvalue weighted by molar-refractivity contribution is 1.33. The number of hydrogen-bond donors (Lipinski definition) is 0. The van der Waals surface area contributed by atoms with Gasteiger partial charge in [0.05, 0.1) is 5.71 Å². The van der Waals surface area contributed by atoms with E-state index >= 15 is 0 Å². The lowest BCUT2D eigenvalue weighted by Crippen LogP contribution is -1.95. The molecule has 1 aromatic rings. The van der Waals surface area contributed by atoms with Crippen molar-refractivity contribution >= 4 is 5.71 Å². The lowest BCUT2D eigenvalue weighted by atomic mass is 10.1. The van der Waals surface area contributed by atoms with Crippen LogP contribution < -0.4 is 0 Å². The molecule has 0 aromatic heterocycles. The Bertz CT molecular complexity index is 390. The van der Waals surface area contributed by atoms with Crippen LogP contribution in [0.25, 0.3) is 0 Å². The van der Waals surface area contributed by atoms with E-state index in [4.69, 9.17) is 0 Å². The quantitative estimate of drug-likeness (QED) is 0.655. The van der Waals surface area contributed by atoms with E-state index in [0.29, 0.717) is 0 Å². The van der Waals surface area contributed by atoms with Crippen LogP contribution in [0.15, 0.2) is 53.7 Å². The Hall–Kier alpha value is -1.63. The maximum atomic E-state index is 4.38. The number of aliphatic imine (C=N–C) groups is 1. The van der Waals surface area contributed by atoms with Gasteiger partial charge in [0.15, 0.2) is 0 Å². The van der Waals surface area contributed by atoms with Crippen LogP contribution in [-0.2, 0) is 0 Å². The van der Waals surface area contributed by atoms with Crippen molar-refractivity contribution in [3.8, 4) is 0 Å². The van der Waals surface area contributed by atoms with Crippen LogP contribution in [0, 0.1) is 6.92 Å². The maximum absolute atomic E-state index is 4.38. The van der Waals surface area contributed by atoms with Gasteiger partial charge >= 0.3 is 0 Å². The van der Waals surface area contributed by atoms with Gasteiger partial charge < -0.3 is 0 Å². The Kier molecular flexibility index (Phi) is 4.04. The highest BCUT2D eigenvalue weighted by Crippen LogP contribution is 2.06. The van der Waals surface area contributed by atoms with Crippen molar-refractivity contribution in [1.82, 2.24) is 0 Å². The molecule has 0 aliphatic heterocycles. The molecule has 0 spiro atoms. The molecule has 0 bridgehead atoms. The monoisotopic (exact) mass is 199 g/mol. The van der Waals surface area contributed by atoms with E-state index in [1.807, 2.05) is 20.0 Å². The van der Waals surface area contributed by atoms with Crippen LogP contribution >= 0.6 is 0 Å². The van der Waals surface area contributed by atoms with E-state index in [2.05, 4.69) is 42.8 Å². The van der Waals surface area contributed by atoms with Crippen molar-refractivity contribution in [1.29, 1.82) is 0 Å². The fraction of sp³-hybridized carbons (Fsp3) is 0.214. The number of rotatable bonds is 3. The molecule has 0 aliphatic rings. The zero-order chi connectivity index (χ0) is 11.3. The second-order valence-corrected chi connectivity index (χ2v) is 3.79. The van der Waals surface area contributed by atoms with Gasteiger partial charge in [-0.25, -0.2) is 0 Å². The van der Waals surface area contributed by atoms with Crippen molar-refractivity contribution in [3.63, 3.8) is 0 Å². The predicted molar refractivity (Wildman–Crippen MR) is 67.3 cm³/mol. The standard InChI is InChI=1S/C14H17N/c1-5-14(15-10-11(2)3)13-8-6-12(4)7-9-13/h5-10H,1H2,2-4H3. The first-order chi connectivity index (χ1) is 7.13. The minimum absolute atomic E-state index is 0.913. The van der Waals surface area contributed by atoms with Crippen molar-refractivity contribution in [2.24, 2.45) is 4.99 Å². The minimum Gasteiger partial charge on any atom is -0.256 e. The number of nitrogens with zero attached hydrogens (tertiary/aromatic N) is 1. The summed E-state index contributed by atoms with van der Waals surface area (Å²) < 4.78 is 0. The molecule has 1 heteroatoms. The van der Waals surface area contributed by atoms with Crippen LogP contribution in [0.5, 0.6) is 0 Å². The predicted octanol–water partition coefficient (Wildman–Crippen LogP) is 3.89. The van der Waals surface area contributed by atoms with E-state index in [1.54, 1.807) is 6.08 Å². The average molecular weight is 199 g/mol. The number of aryl methyl sites for hydroxylation is 1. The smallest absolute Gasteiger partial charge is 0.0696 e. The average Bonchev–Trinajstić information content (AvgIpc) is 2.21. The Labute approximate surface area is 91.9 Å². The Balaban J connectivity index is 3.02. The molecule has 1 nitrogen and oxygen atoms in total. The molecule has 0 N–H and O–H groups in total. The van der Waals surface area contributed by atoms with Gasteiger partial charge in [0, 0.05) is 11.8 Å². The third kappa shape index (κ3) is 3.55. The summed E-state index contributed by atoms with van der Waals surface area (Å²) in [5.74, 6) is 0.